The van der Waals surface area contributed by atoms with Gasteiger partial charge < -0.3 is 14.1 Å². The van der Waals surface area contributed by atoms with Gasteiger partial charge in [-0.2, -0.15) is 0 Å². The number of halogens is 1. The van der Waals surface area contributed by atoms with Gasteiger partial charge in [0.25, 0.3) is 0 Å². The zero-order chi connectivity index (χ0) is 17.3. The molecule has 0 saturated carbocycles. The van der Waals surface area contributed by atoms with E-state index in [9.17, 15) is 4.79 Å². The third-order valence-electron chi connectivity index (χ3n) is 3.93. The molecule has 24 heavy (non-hydrogen) atoms. The van der Waals surface area contributed by atoms with Crippen LogP contribution in [0.5, 0.6) is 5.75 Å². The molecule has 0 saturated heterocycles. The highest BCUT2D eigenvalue weighted by atomic mass is 35.5. The predicted molar refractivity (Wildman–Crippen MR) is 92.8 cm³/mol. The van der Waals surface area contributed by atoms with Crippen LogP contribution >= 0.6 is 11.6 Å². The molecule has 3 rings (SSSR count). The zero-order valence-electron chi connectivity index (χ0n) is 14.1. The monoisotopic (exact) mass is 348 g/mol. The summed E-state index contributed by atoms with van der Waals surface area (Å²) in [4.78, 5) is 18.4. The number of benzene rings is 1. The highest BCUT2D eigenvalue weighted by molar-refractivity contribution is 6.29. The number of carbonyl (C=O) groups excluding carboxylic acids is 1. The van der Waals surface area contributed by atoms with Crippen molar-refractivity contribution in [3.63, 3.8) is 0 Å². The molecule has 0 unspecified atom stereocenters. The number of fused-ring (bicyclic) bond motifs is 1. The Morgan fingerprint density at radius 1 is 1.38 bits per heavy atom. The van der Waals surface area contributed by atoms with Crippen molar-refractivity contribution >= 4 is 23.2 Å². The summed E-state index contributed by atoms with van der Waals surface area (Å²) in [6.07, 6.45) is 2.45. The van der Waals surface area contributed by atoms with E-state index in [2.05, 4.69) is 4.98 Å². The minimum absolute atomic E-state index is 0.0925. The van der Waals surface area contributed by atoms with Gasteiger partial charge in [0.15, 0.2) is 5.89 Å². The summed E-state index contributed by atoms with van der Waals surface area (Å²) in [5.74, 6) is 1.84. The number of ether oxygens (including phenoxy) is 1. The number of hydrogen-bond donors (Lipinski definition) is 0. The molecule has 128 valence electrons. The van der Waals surface area contributed by atoms with Crippen molar-refractivity contribution in [1.82, 2.24) is 4.98 Å². The van der Waals surface area contributed by atoms with E-state index >= 15 is 0 Å². The van der Waals surface area contributed by atoms with E-state index < -0.39 is 0 Å². The first-order chi connectivity index (χ1) is 11.4. The molecule has 2 aromatic rings. The smallest absolute Gasteiger partial charge is 0.242 e. The number of carbonyl (C=O) groups is 1. The van der Waals surface area contributed by atoms with Gasteiger partial charge in [-0.1, -0.05) is 26.8 Å². The SMILES string of the molecule is CC(C)(C)c1ncc(CN(C(=O)CCl)c2cccc3c2CCO3)o1. The van der Waals surface area contributed by atoms with Gasteiger partial charge in [0.1, 0.15) is 17.4 Å². The van der Waals surface area contributed by atoms with Gasteiger partial charge >= 0.3 is 0 Å². The molecule has 1 aliphatic rings. The Balaban J connectivity index is 1.93. The first-order valence-electron chi connectivity index (χ1n) is 7.96. The van der Waals surface area contributed by atoms with Crippen LogP contribution in [0.25, 0.3) is 0 Å². The van der Waals surface area contributed by atoms with Gasteiger partial charge in [-0.3, -0.25) is 4.79 Å². The quantitative estimate of drug-likeness (QED) is 0.791. The first kappa shape index (κ1) is 16.8. The van der Waals surface area contributed by atoms with Crippen LogP contribution in [0.2, 0.25) is 0 Å². The lowest BCUT2D eigenvalue weighted by Crippen LogP contribution is -2.32. The number of rotatable bonds is 4. The van der Waals surface area contributed by atoms with Gasteiger partial charge in [-0.05, 0) is 12.1 Å². The fourth-order valence-corrected chi connectivity index (χ4v) is 2.86. The van der Waals surface area contributed by atoms with Gasteiger partial charge in [0.05, 0.1) is 25.0 Å². The number of alkyl halides is 1. The minimum atomic E-state index is -0.179. The Labute approximate surface area is 146 Å². The molecule has 0 atom stereocenters. The number of nitrogens with zero attached hydrogens (tertiary/aromatic N) is 2. The third-order valence-corrected chi connectivity index (χ3v) is 4.16. The van der Waals surface area contributed by atoms with E-state index in [0.29, 0.717) is 24.8 Å². The van der Waals surface area contributed by atoms with Crippen LogP contribution in [0.4, 0.5) is 5.69 Å². The van der Waals surface area contributed by atoms with Crippen molar-refractivity contribution in [3.8, 4) is 5.75 Å². The minimum Gasteiger partial charge on any atom is -0.493 e. The Kier molecular flexibility index (Phi) is 4.54. The Morgan fingerprint density at radius 3 is 2.83 bits per heavy atom. The lowest BCUT2D eigenvalue weighted by Gasteiger charge is -2.23. The maximum Gasteiger partial charge on any atom is 0.242 e. The van der Waals surface area contributed by atoms with Crippen molar-refractivity contribution in [2.24, 2.45) is 0 Å². The average Bonchev–Trinajstić information content (AvgIpc) is 3.20. The van der Waals surface area contributed by atoms with Gasteiger partial charge in [-0.15, -0.1) is 11.6 Å². The molecule has 1 aromatic carbocycles. The first-order valence-corrected chi connectivity index (χ1v) is 8.50. The maximum atomic E-state index is 12.4. The molecular formula is C18H21ClN2O3. The summed E-state index contributed by atoms with van der Waals surface area (Å²) in [7, 11) is 0. The van der Waals surface area contributed by atoms with Crippen LogP contribution in [-0.2, 0) is 23.2 Å². The molecule has 0 aliphatic carbocycles. The molecule has 1 aromatic heterocycles. The molecule has 5 nitrogen and oxygen atoms in total. The van der Waals surface area contributed by atoms with Gasteiger partial charge in [0.2, 0.25) is 5.91 Å². The molecule has 0 radical (unpaired) electrons. The molecule has 0 spiro atoms. The Morgan fingerprint density at radius 2 is 2.17 bits per heavy atom. The van der Waals surface area contributed by atoms with Crippen molar-refractivity contribution in [2.45, 2.75) is 39.2 Å². The van der Waals surface area contributed by atoms with Gasteiger partial charge in [-0.25, -0.2) is 4.98 Å². The molecule has 6 heteroatoms. The van der Waals surface area contributed by atoms with E-state index in [1.54, 1.807) is 11.1 Å². The summed E-state index contributed by atoms with van der Waals surface area (Å²) >= 11 is 5.82. The van der Waals surface area contributed by atoms with E-state index in [0.717, 1.165) is 23.4 Å². The second-order valence-electron chi connectivity index (χ2n) is 6.85. The molecular weight excluding hydrogens is 328 g/mol. The zero-order valence-corrected chi connectivity index (χ0v) is 14.9. The number of oxazole rings is 1. The predicted octanol–water partition coefficient (Wildman–Crippen LogP) is 3.68. The van der Waals surface area contributed by atoms with E-state index in [-0.39, 0.29) is 17.2 Å². The van der Waals surface area contributed by atoms with Crippen LogP contribution in [0.15, 0.2) is 28.8 Å². The Bertz CT molecular complexity index is 749. The van der Waals surface area contributed by atoms with Crippen molar-refractivity contribution in [3.05, 3.63) is 41.6 Å². The fraction of sp³-hybridized carbons (Fsp3) is 0.444. The second kappa shape index (κ2) is 6.48. The van der Waals surface area contributed by atoms with Crippen molar-refractivity contribution in [2.75, 3.05) is 17.4 Å². The highest BCUT2D eigenvalue weighted by Gasteiger charge is 2.26. The maximum absolute atomic E-state index is 12.4. The number of amides is 1. The summed E-state index contributed by atoms with van der Waals surface area (Å²) in [5, 5.41) is 0. The standard InChI is InChI=1S/C18H21ClN2O3/c1-18(2,3)17-20-10-12(24-17)11-21(16(22)9-19)14-5-4-6-15-13(14)7-8-23-15/h4-6,10H,7-9,11H2,1-3H3. The molecule has 2 heterocycles. The normalized spacial score (nSPS) is 13.5. The average molecular weight is 349 g/mol. The third kappa shape index (κ3) is 3.26. The number of aromatic nitrogens is 1. The molecule has 0 bridgehead atoms. The molecule has 0 N–H and O–H groups in total. The second-order valence-corrected chi connectivity index (χ2v) is 7.11. The van der Waals surface area contributed by atoms with Crippen LogP contribution < -0.4 is 9.64 Å². The molecule has 1 amide bonds. The number of anilines is 1. The summed E-state index contributed by atoms with van der Waals surface area (Å²) in [5.41, 5.74) is 1.68. The lowest BCUT2D eigenvalue weighted by atomic mass is 9.97. The highest BCUT2D eigenvalue weighted by Crippen LogP contribution is 2.35. The lowest BCUT2D eigenvalue weighted by molar-refractivity contribution is -0.116. The summed E-state index contributed by atoms with van der Waals surface area (Å²) in [6, 6.07) is 5.72. The summed E-state index contributed by atoms with van der Waals surface area (Å²) < 4.78 is 11.4. The largest absolute Gasteiger partial charge is 0.493 e. The van der Waals surface area contributed by atoms with Crippen molar-refractivity contribution in [1.29, 1.82) is 0 Å². The topological polar surface area (TPSA) is 55.6 Å². The molecule has 1 aliphatic heterocycles. The van der Waals surface area contributed by atoms with Crippen LogP contribution in [0.3, 0.4) is 0 Å². The van der Waals surface area contributed by atoms with Crippen LogP contribution in [0, 0.1) is 0 Å². The van der Waals surface area contributed by atoms with E-state index in [1.807, 2.05) is 39.0 Å². The fourth-order valence-electron chi connectivity index (χ4n) is 2.72. The van der Waals surface area contributed by atoms with E-state index in [1.165, 1.54) is 0 Å². The van der Waals surface area contributed by atoms with E-state index in [4.69, 9.17) is 20.8 Å². The van der Waals surface area contributed by atoms with Gasteiger partial charge in [0, 0.05) is 17.4 Å². The summed E-state index contributed by atoms with van der Waals surface area (Å²) in [6.45, 7) is 7.03. The molecule has 0 fully saturated rings. The Hall–Kier alpha value is -2.01. The van der Waals surface area contributed by atoms with Crippen LogP contribution in [-0.4, -0.2) is 23.4 Å². The van der Waals surface area contributed by atoms with Crippen molar-refractivity contribution < 1.29 is 13.9 Å². The van der Waals surface area contributed by atoms with Crippen LogP contribution in [0.1, 0.15) is 38.0 Å². The number of hydrogen-bond acceptors (Lipinski definition) is 4.